The van der Waals surface area contributed by atoms with Crippen molar-refractivity contribution in [3.05, 3.63) is 0 Å². The molecule has 1 unspecified atom stereocenters. The van der Waals surface area contributed by atoms with Gasteiger partial charge in [-0.25, -0.2) is 4.79 Å². The van der Waals surface area contributed by atoms with Gasteiger partial charge in [-0.15, -0.1) is 0 Å². The van der Waals surface area contributed by atoms with Crippen molar-refractivity contribution in [2.24, 2.45) is 5.73 Å². The Labute approximate surface area is 111 Å². The minimum Gasteiger partial charge on any atom is -0.481 e. The zero-order chi connectivity index (χ0) is 14.4. The van der Waals surface area contributed by atoms with Crippen LogP contribution in [0.4, 0.5) is 4.79 Å². The number of carbonyl (C=O) groups is 3. The Balaban J connectivity index is 2.43. The molecule has 1 atom stereocenters. The van der Waals surface area contributed by atoms with Gasteiger partial charge < -0.3 is 26.0 Å². The largest absolute Gasteiger partial charge is 0.481 e. The van der Waals surface area contributed by atoms with E-state index in [0.29, 0.717) is 32.7 Å². The fraction of sp³-hybridized carbons (Fsp3) is 0.727. The number of carbonyl (C=O) groups excluding carboxylic acids is 2. The normalized spacial score (nSPS) is 16.9. The molecule has 108 valence electrons. The molecule has 0 saturated carbocycles. The number of hydrogen-bond donors (Lipinski definition) is 3. The zero-order valence-corrected chi connectivity index (χ0v) is 11.0. The second-order valence-corrected chi connectivity index (χ2v) is 4.35. The topological polar surface area (TPSA) is 116 Å². The Morgan fingerprint density at radius 1 is 1.21 bits per heavy atom. The minimum absolute atomic E-state index is 0.149. The maximum atomic E-state index is 11.9. The number of carboxylic acid groups (broad SMARTS) is 1. The van der Waals surface area contributed by atoms with Gasteiger partial charge in [0.05, 0.1) is 12.5 Å². The molecule has 0 aromatic rings. The molecule has 0 aromatic carbocycles. The van der Waals surface area contributed by atoms with E-state index in [0.717, 1.165) is 0 Å². The van der Waals surface area contributed by atoms with E-state index in [1.807, 2.05) is 6.92 Å². The lowest BCUT2D eigenvalue weighted by Crippen LogP contribution is -2.56. The lowest BCUT2D eigenvalue weighted by molar-refractivity contribution is -0.142. The molecule has 3 amide bonds. The van der Waals surface area contributed by atoms with Gasteiger partial charge in [0.25, 0.3) is 0 Å². The average Bonchev–Trinajstić information content (AvgIpc) is 2.37. The van der Waals surface area contributed by atoms with Gasteiger partial charge in [0.1, 0.15) is 0 Å². The lowest BCUT2D eigenvalue weighted by atomic mass is 10.2. The number of nitrogens with two attached hydrogens (primary N) is 1. The molecule has 1 rings (SSSR count). The number of rotatable bonds is 4. The van der Waals surface area contributed by atoms with E-state index in [4.69, 9.17) is 10.8 Å². The lowest BCUT2D eigenvalue weighted by Gasteiger charge is -2.35. The molecule has 19 heavy (non-hydrogen) atoms. The van der Waals surface area contributed by atoms with Crippen LogP contribution in [0.5, 0.6) is 0 Å². The SMILES string of the molecule is CCNC(=O)N1CCN(C(=O)C(N)CC(=O)O)CC1. The van der Waals surface area contributed by atoms with Crippen LogP contribution in [0.2, 0.25) is 0 Å². The second kappa shape index (κ2) is 6.93. The van der Waals surface area contributed by atoms with Crippen molar-refractivity contribution < 1.29 is 19.5 Å². The highest BCUT2D eigenvalue weighted by atomic mass is 16.4. The number of amides is 3. The van der Waals surface area contributed by atoms with E-state index in [9.17, 15) is 14.4 Å². The fourth-order valence-electron chi connectivity index (χ4n) is 1.90. The first kappa shape index (κ1) is 15.2. The number of nitrogens with zero attached hydrogens (tertiary/aromatic N) is 2. The van der Waals surface area contributed by atoms with E-state index in [1.165, 1.54) is 4.90 Å². The van der Waals surface area contributed by atoms with Crippen LogP contribution in [0.25, 0.3) is 0 Å². The number of hydrogen-bond acceptors (Lipinski definition) is 4. The molecule has 8 heteroatoms. The summed E-state index contributed by atoms with van der Waals surface area (Å²) in [6.07, 6.45) is -0.380. The number of carboxylic acids is 1. The monoisotopic (exact) mass is 272 g/mol. The van der Waals surface area contributed by atoms with Crippen molar-refractivity contribution in [3.63, 3.8) is 0 Å². The summed E-state index contributed by atoms with van der Waals surface area (Å²) in [6.45, 7) is 4.01. The Bertz CT molecular complexity index is 353. The molecular formula is C11H20N4O4. The summed E-state index contributed by atoms with van der Waals surface area (Å²) in [4.78, 5) is 37.0. The molecule has 1 aliphatic heterocycles. The van der Waals surface area contributed by atoms with E-state index in [2.05, 4.69) is 5.32 Å². The highest BCUT2D eigenvalue weighted by Crippen LogP contribution is 2.05. The average molecular weight is 272 g/mol. The van der Waals surface area contributed by atoms with Crippen LogP contribution < -0.4 is 11.1 Å². The fourth-order valence-corrected chi connectivity index (χ4v) is 1.90. The molecule has 1 aliphatic rings. The van der Waals surface area contributed by atoms with Crippen LogP contribution in [0, 0.1) is 0 Å². The van der Waals surface area contributed by atoms with Crippen LogP contribution in [-0.4, -0.2) is 71.6 Å². The molecule has 1 fully saturated rings. The number of piperazine rings is 1. The van der Waals surface area contributed by atoms with Crippen LogP contribution >= 0.6 is 0 Å². The van der Waals surface area contributed by atoms with Crippen LogP contribution in [0.15, 0.2) is 0 Å². The highest BCUT2D eigenvalue weighted by Gasteiger charge is 2.27. The third-order valence-electron chi connectivity index (χ3n) is 2.92. The maximum absolute atomic E-state index is 11.9. The molecule has 0 radical (unpaired) electrons. The van der Waals surface area contributed by atoms with E-state index < -0.39 is 12.0 Å². The predicted octanol–water partition coefficient (Wildman–Crippen LogP) is -1.34. The van der Waals surface area contributed by atoms with E-state index in [-0.39, 0.29) is 18.4 Å². The van der Waals surface area contributed by atoms with Gasteiger partial charge in [0.2, 0.25) is 5.91 Å². The van der Waals surface area contributed by atoms with Crippen LogP contribution in [0.1, 0.15) is 13.3 Å². The van der Waals surface area contributed by atoms with Crippen molar-refractivity contribution in [3.8, 4) is 0 Å². The summed E-state index contributed by atoms with van der Waals surface area (Å²) in [7, 11) is 0. The van der Waals surface area contributed by atoms with Gasteiger partial charge in [0.15, 0.2) is 0 Å². The number of urea groups is 1. The Morgan fingerprint density at radius 3 is 2.21 bits per heavy atom. The number of aliphatic carboxylic acids is 1. The first-order valence-electron chi connectivity index (χ1n) is 6.24. The summed E-state index contributed by atoms with van der Waals surface area (Å²) in [5.74, 6) is -1.47. The minimum atomic E-state index is -1.10. The molecule has 0 spiro atoms. The highest BCUT2D eigenvalue weighted by molar-refractivity contribution is 5.86. The van der Waals surface area contributed by atoms with Gasteiger partial charge in [-0.05, 0) is 6.92 Å². The summed E-state index contributed by atoms with van der Waals surface area (Å²) >= 11 is 0. The first-order valence-corrected chi connectivity index (χ1v) is 6.24. The van der Waals surface area contributed by atoms with Crippen molar-refractivity contribution >= 4 is 17.9 Å². The third-order valence-corrected chi connectivity index (χ3v) is 2.92. The maximum Gasteiger partial charge on any atom is 0.317 e. The summed E-state index contributed by atoms with van der Waals surface area (Å²) in [5, 5.41) is 11.3. The summed E-state index contributed by atoms with van der Waals surface area (Å²) < 4.78 is 0. The van der Waals surface area contributed by atoms with E-state index >= 15 is 0 Å². The standard InChI is InChI=1S/C11H20N4O4/c1-2-13-11(19)15-5-3-14(4-6-15)10(18)8(12)7-9(16)17/h8H,2-7,12H2,1H3,(H,13,19)(H,16,17). The third kappa shape index (κ3) is 4.40. The smallest absolute Gasteiger partial charge is 0.317 e. The molecular weight excluding hydrogens is 252 g/mol. The van der Waals surface area contributed by atoms with Gasteiger partial charge in [-0.2, -0.15) is 0 Å². The molecule has 0 aliphatic carbocycles. The van der Waals surface area contributed by atoms with Crippen LogP contribution in [0.3, 0.4) is 0 Å². The second-order valence-electron chi connectivity index (χ2n) is 4.35. The van der Waals surface area contributed by atoms with Gasteiger partial charge in [-0.3, -0.25) is 9.59 Å². The van der Waals surface area contributed by atoms with Crippen LogP contribution in [-0.2, 0) is 9.59 Å². The Hall–Kier alpha value is -1.83. The van der Waals surface area contributed by atoms with Gasteiger partial charge in [-0.1, -0.05) is 0 Å². The van der Waals surface area contributed by atoms with Crippen molar-refractivity contribution in [1.82, 2.24) is 15.1 Å². The summed E-state index contributed by atoms with van der Waals surface area (Å²) in [6, 6.07) is -1.17. The predicted molar refractivity (Wildman–Crippen MR) is 67.5 cm³/mol. The summed E-state index contributed by atoms with van der Waals surface area (Å²) in [5.41, 5.74) is 5.53. The van der Waals surface area contributed by atoms with Crippen molar-refractivity contribution in [1.29, 1.82) is 0 Å². The van der Waals surface area contributed by atoms with Gasteiger partial charge in [0, 0.05) is 32.7 Å². The molecule has 1 saturated heterocycles. The van der Waals surface area contributed by atoms with E-state index in [1.54, 1.807) is 4.90 Å². The quantitative estimate of drug-likeness (QED) is 0.586. The Morgan fingerprint density at radius 2 is 1.74 bits per heavy atom. The van der Waals surface area contributed by atoms with Crippen molar-refractivity contribution in [2.45, 2.75) is 19.4 Å². The van der Waals surface area contributed by atoms with Gasteiger partial charge >= 0.3 is 12.0 Å². The first-order chi connectivity index (χ1) is 8.95. The molecule has 4 N–H and O–H groups in total. The number of nitrogens with one attached hydrogen (secondary N) is 1. The molecule has 8 nitrogen and oxygen atoms in total. The molecule has 1 heterocycles. The Kier molecular flexibility index (Phi) is 5.56. The molecule has 0 bridgehead atoms. The zero-order valence-electron chi connectivity index (χ0n) is 11.0. The van der Waals surface area contributed by atoms with Crippen molar-refractivity contribution in [2.75, 3.05) is 32.7 Å². The molecule has 0 aromatic heterocycles.